The molecule has 0 N–H and O–H groups in total. The topological polar surface area (TPSA) is 68.0 Å². The van der Waals surface area contributed by atoms with Gasteiger partial charge in [-0.2, -0.15) is 4.99 Å². The second-order valence-corrected chi connectivity index (χ2v) is 7.65. The summed E-state index contributed by atoms with van der Waals surface area (Å²) in [7, 11) is 0. The fourth-order valence-electron chi connectivity index (χ4n) is 4.73. The number of hydrogen-bond acceptors (Lipinski definition) is 4. The van der Waals surface area contributed by atoms with Gasteiger partial charge in [-0.3, -0.25) is 10.1 Å². The van der Waals surface area contributed by atoms with Gasteiger partial charge in [-0.15, -0.1) is 0 Å². The van der Waals surface area contributed by atoms with Crippen LogP contribution in [0.25, 0.3) is 0 Å². The van der Waals surface area contributed by atoms with E-state index in [2.05, 4.69) is 4.90 Å². The molecule has 1 aromatic rings. The number of rotatable bonds is 3. The summed E-state index contributed by atoms with van der Waals surface area (Å²) >= 11 is 0. The predicted molar refractivity (Wildman–Crippen MR) is 96.2 cm³/mol. The second kappa shape index (κ2) is 6.32. The Hall–Kier alpha value is -2.11. The number of benzene rings is 1. The number of nitro benzene ring substituents is 1. The smallest absolute Gasteiger partial charge is 0.293 e. The van der Waals surface area contributed by atoms with Gasteiger partial charge in [0, 0.05) is 18.2 Å². The average molecular weight is 343 g/mol. The van der Waals surface area contributed by atoms with E-state index in [1.807, 2.05) is 6.92 Å². The van der Waals surface area contributed by atoms with Gasteiger partial charge in [-0.25, -0.2) is 0 Å². The highest BCUT2D eigenvalue weighted by molar-refractivity contribution is 5.81. The molecule has 6 heteroatoms. The Bertz CT molecular complexity index is 704. The van der Waals surface area contributed by atoms with E-state index < -0.39 is 0 Å². The monoisotopic (exact) mass is 343 g/mol. The molecule has 0 amide bonds. The molecular formula is C19H25N3O3. The molecule has 4 rings (SSSR count). The summed E-state index contributed by atoms with van der Waals surface area (Å²) in [5.74, 6) is 0. The van der Waals surface area contributed by atoms with Crippen molar-refractivity contribution in [2.75, 3.05) is 6.61 Å². The Balaban J connectivity index is 1.68. The standard InChI is InChI=1S/C19H25N3O3/c1-14-12-16(22(23)24)8-9-17(14)20-18-21(15-6-2-3-7-15)19(13-25-18)10-4-5-11-19/h8-9,12,15H,2-7,10-11,13H2,1H3. The molecule has 3 fully saturated rings. The van der Waals surface area contributed by atoms with Crippen LogP contribution in [0.4, 0.5) is 11.4 Å². The summed E-state index contributed by atoms with van der Waals surface area (Å²) < 4.78 is 6.09. The first kappa shape index (κ1) is 16.4. The van der Waals surface area contributed by atoms with E-state index in [-0.39, 0.29) is 16.1 Å². The Morgan fingerprint density at radius 1 is 1.24 bits per heavy atom. The van der Waals surface area contributed by atoms with Gasteiger partial charge >= 0.3 is 0 Å². The van der Waals surface area contributed by atoms with Crippen LogP contribution in [0.2, 0.25) is 0 Å². The third kappa shape index (κ3) is 2.87. The van der Waals surface area contributed by atoms with Crippen LogP contribution in [0.1, 0.15) is 56.9 Å². The van der Waals surface area contributed by atoms with Crippen LogP contribution in [0, 0.1) is 17.0 Å². The molecule has 3 aliphatic rings. The molecule has 0 aromatic heterocycles. The maximum atomic E-state index is 10.9. The highest BCUT2D eigenvalue weighted by Gasteiger charge is 2.50. The molecule has 134 valence electrons. The Morgan fingerprint density at radius 2 is 1.96 bits per heavy atom. The largest absolute Gasteiger partial charge is 0.462 e. The van der Waals surface area contributed by atoms with Crippen LogP contribution in [0.3, 0.4) is 0 Å². The Kier molecular flexibility index (Phi) is 4.13. The number of non-ortho nitro benzene ring substituents is 1. The van der Waals surface area contributed by atoms with Crippen LogP contribution in [-0.4, -0.2) is 34.0 Å². The van der Waals surface area contributed by atoms with Crippen LogP contribution < -0.4 is 0 Å². The van der Waals surface area contributed by atoms with Crippen molar-refractivity contribution in [1.29, 1.82) is 0 Å². The highest BCUT2D eigenvalue weighted by Crippen LogP contribution is 2.44. The number of aliphatic imine (C=N–C) groups is 1. The van der Waals surface area contributed by atoms with Gasteiger partial charge in [-0.05, 0) is 44.2 Å². The predicted octanol–water partition coefficient (Wildman–Crippen LogP) is 4.48. The van der Waals surface area contributed by atoms with Gasteiger partial charge < -0.3 is 9.64 Å². The molecule has 0 bridgehead atoms. The molecule has 1 spiro atoms. The molecule has 0 radical (unpaired) electrons. The number of amidine groups is 1. The molecular weight excluding hydrogens is 318 g/mol. The molecule has 2 saturated carbocycles. The van der Waals surface area contributed by atoms with Crippen molar-refractivity contribution in [3.63, 3.8) is 0 Å². The van der Waals surface area contributed by atoms with Crippen LogP contribution in [-0.2, 0) is 4.74 Å². The Morgan fingerprint density at radius 3 is 2.60 bits per heavy atom. The fourth-order valence-corrected chi connectivity index (χ4v) is 4.73. The summed E-state index contributed by atoms with van der Waals surface area (Å²) in [6.07, 6.45) is 9.87. The quantitative estimate of drug-likeness (QED) is 0.599. The van der Waals surface area contributed by atoms with Gasteiger partial charge in [0.15, 0.2) is 0 Å². The number of hydrogen-bond donors (Lipinski definition) is 0. The van der Waals surface area contributed by atoms with Crippen LogP contribution >= 0.6 is 0 Å². The lowest BCUT2D eigenvalue weighted by atomic mass is 9.95. The summed E-state index contributed by atoms with van der Waals surface area (Å²) in [5, 5.41) is 10.9. The lowest BCUT2D eigenvalue weighted by Crippen LogP contribution is -2.50. The van der Waals surface area contributed by atoms with Crippen molar-refractivity contribution in [1.82, 2.24) is 4.90 Å². The SMILES string of the molecule is Cc1cc([N+](=O)[O-])ccc1N=C1OCC2(CCCC2)N1C1CCCC1. The number of ether oxygens (including phenoxy) is 1. The van der Waals surface area contributed by atoms with E-state index in [0.29, 0.717) is 6.04 Å². The second-order valence-electron chi connectivity index (χ2n) is 7.65. The zero-order valence-corrected chi connectivity index (χ0v) is 14.7. The summed E-state index contributed by atoms with van der Waals surface area (Å²) in [6, 6.07) is 6.09. The minimum absolute atomic E-state index is 0.105. The third-order valence-corrected chi connectivity index (χ3v) is 6.02. The van der Waals surface area contributed by atoms with Crippen molar-refractivity contribution in [2.45, 2.75) is 69.9 Å². The molecule has 1 aliphatic heterocycles. The lowest BCUT2D eigenvalue weighted by Gasteiger charge is -2.37. The van der Waals surface area contributed by atoms with Crippen molar-refractivity contribution >= 4 is 17.4 Å². The van der Waals surface area contributed by atoms with Gasteiger partial charge in [0.25, 0.3) is 11.7 Å². The molecule has 1 heterocycles. The van der Waals surface area contributed by atoms with Crippen molar-refractivity contribution in [2.24, 2.45) is 4.99 Å². The molecule has 1 aromatic carbocycles. The zero-order chi connectivity index (χ0) is 17.4. The Labute approximate surface area is 148 Å². The maximum absolute atomic E-state index is 10.9. The number of aryl methyl sites for hydroxylation is 1. The summed E-state index contributed by atoms with van der Waals surface area (Å²) in [5.41, 5.74) is 1.80. The fraction of sp³-hybridized carbons (Fsp3) is 0.632. The molecule has 6 nitrogen and oxygen atoms in total. The van der Waals surface area contributed by atoms with Crippen LogP contribution in [0.5, 0.6) is 0 Å². The highest BCUT2D eigenvalue weighted by atomic mass is 16.6. The summed E-state index contributed by atoms with van der Waals surface area (Å²) in [4.78, 5) is 17.9. The minimum Gasteiger partial charge on any atom is -0.462 e. The molecule has 0 unspecified atom stereocenters. The van der Waals surface area contributed by atoms with Crippen molar-refractivity contribution in [3.05, 3.63) is 33.9 Å². The van der Waals surface area contributed by atoms with Crippen LogP contribution in [0.15, 0.2) is 23.2 Å². The van der Waals surface area contributed by atoms with Gasteiger partial charge in [0.1, 0.15) is 6.61 Å². The van der Waals surface area contributed by atoms with E-state index in [1.54, 1.807) is 12.1 Å². The lowest BCUT2D eigenvalue weighted by molar-refractivity contribution is -0.384. The first-order chi connectivity index (χ1) is 12.1. The van der Waals surface area contributed by atoms with Gasteiger partial charge in [0.05, 0.1) is 16.1 Å². The van der Waals surface area contributed by atoms with E-state index in [9.17, 15) is 10.1 Å². The first-order valence-electron chi connectivity index (χ1n) is 9.35. The van der Waals surface area contributed by atoms with Crippen molar-refractivity contribution < 1.29 is 9.66 Å². The van der Waals surface area contributed by atoms with E-state index in [1.165, 1.54) is 57.4 Å². The van der Waals surface area contributed by atoms with Crippen molar-refractivity contribution in [3.8, 4) is 0 Å². The molecule has 0 atom stereocenters. The van der Waals surface area contributed by atoms with E-state index in [4.69, 9.17) is 9.73 Å². The van der Waals surface area contributed by atoms with Gasteiger partial charge in [-0.1, -0.05) is 25.7 Å². The first-order valence-corrected chi connectivity index (χ1v) is 9.35. The van der Waals surface area contributed by atoms with Gasteiger partial charge in [0.2, 0.25) is 0 Å². The molecule has 1 saturated heterocycles. The summed E-state index contributed by atoms with van der Waals surface area (Å²) in [6.45, 7) is 2.60. The normalized spacial score (nSPS) is 24.4. The minimum atomic E-state index is -0.367. The zero-order valence-electron chi connectivity index (χ0n) is 14.7. The molecule has 25 heavy (non-hydrogen) atoms. The molecule has 2 aliphatic carbocycles. The third-order valence-electron chi connectivity index (χ3n) is 6.02. The van der Waals surface area contributed by atoms with E-state index >= 15 is 0 Å². The number of nitrogens with zero attached hydrogens (tertiary/aromatic N) is 3. The van der Waals surface area contributed by atoms with E-state index in [0.717, 1.165) is 23.9 Å². The maximum Gasteiger partial charge on any atom is 0.293 e. The average Bonchev–Trinajstić information content (AvgIpc) is 3.32. The number of nitro groups is 1.